The van der Waals surface area contributed by atoms with E-state index in [1.54, 1.807) is 0 Å². The molecule has 2 unspecified atom stereocenters. The van der Waals surface area contributed by atoms with Crippen LogP contribution >= 0.6 is 0 Å². The smallest absolute Gasteiger partial charge is 0.319 e. The van der Waals surface area contributed by atoms with Gasteiger partial charge in [0.25, 0.3) is 0 Å². The summed E-state index contributed by atoms with van der Waals surface area (Å²) in [4.78, 5) is 7.56. The number of hydrogen-bond acceptors (Lipinski definition) is 7. The quantitative estimate of drug-likeness (QED) is 0.659. The molecule has 0 radical (unpaired) electrons. The topological polar surface area (TPSA) is 108 Å². The first kappa shape index (κ1) is 12.2. The predicted molar refractivity (Wildman–Crippen MR) is 51.7 cm³/mol. The molecule has 0 aliphatic heterocycles. The number of nitrogens with zero attached hydrogens (tertiary/aromatic N) is 3. The summed E-state index contributed by atoms with van der Waals surface area (Å²) in [6.07, 6.45) is -1.76. The molecule has 2 atom stereocenters. The van der Waals surface area contributed by atoms with Crippen LogP contribution in [0.3, 0.4) is 0 Å². The molecule has 16 heavy (non-hydrogen) atoms. The summed E-state index contributed by atoms with van der Waals surface area (Å²) < 4.78 is 9.66. The largest absolute Gasteiger partial charge is 0.481 e. The van der Waals surface area contributed by atoms with E-state index in [1.165, 1.54) is 26.5 Å². The second-order valence-electron chi connectivity index (χ2n) is 2.84. The molecular formula is C9H11N3O4. The van der Waals surface area contributed by atoms with Gasteiger partial charge >= 0.3 is 6.01 Å². The van der Waals surface area contributed by atoms with E-state index in [1.807, 2.05) is 0 Å². The Labute approximate surface area is 91.9 Å². The molecular weight excluding hydrogens is 214 g/mol. The zero-order valence-electron chi connectivity index (χ0n) is 8.78. The molecule has 0 saturated heterocycles. The fraction of sp³-hybridized carbons (Fsp3) is 0.444. The van der Waals surface area contributed by atoms with Crippen LogP contribution in [0.2, 0.25) is 0 Å². The highest BCUT2D eigenvalue weighted by Crippen LogP contribution is 2.25. The first-order chi connectivity index (χ1) is 7.63. The van der Waals surface area contributed by atoms with Crippen molar-refractivity contribution in [1.82, 2.24) is 9.97 Å². The molecule has 86 valence electrons. The molecule has 1 aromatic rings. The average molecular weight is 225 g/mol. The van der Waals surface area contributed by atoms with Gasteiger partial charge in [0.15, 0.2) is 6.10 Å². The van der Waals surface area contributed by atoms with Crippen molar-refractivity contribution in [2.45, 2.75) is 12.2 Å². The standard InChI is InChI=1S/C9H11N3O4/c1-15-8-5(7(14)6(13)3-10)4-11-9(12-8)16-2/h4,6-7,13-14H,1-2H3. The zero-order valence-corrected chi connectivity index (χ0v) is 8.78. The highest BCUT2D eigenvalue weighted by atomic mass is 16.5. The maximum Gasteiger partial charge on any atom is 0.319 e. The van der Waals surface area contributed by atoms with Crippen LogP contribution in [0.5, 0.6) is 11.9 Å². The lowest BCUT2D eigenvalue weighted by atomic mass is 10.1. The lowest BCUT2D eigenvalue weighted by Gasteiger charge is -2.14. The van der Waals surface area contributed by atoms with Gasteiger partial charge in [0.1, 0.15) is 6.10 Å². The summed E-state index contributed by atoms with van der Waals surface area (Å²) in [5.74, 6) is 0.0497. The van der Waals surface area contributed by atoms with Crippen LogP contribution in [-0.2, 0) is 0 Å². The fourth-order valence-corrected chi connectivity index (χ4v) is 1.07. The van der Waals surface area contributed by atoms with Gasteiger partial charge in [-0.3, -0.25) is 0 Å². The number of ether oxygens (including phenoxy) is 2. The van der Waals surface area contributed by atoms with Gasteiger partial charge in [-0.2, -0.15) is 10.2 Å². The number of nitriles is 1. The van der Waals surface area contributed by atoms with Gasteiger partial charge in [-0.25, -0.2) is 4.98 Å². The van der Waals surface area contributed by atoms with Crippen molar-refractivity contribution < 1.29 is 19.7 Å². The number of rotatable bonds is 4. The Balaban J connectivity index is 3.09. The van der Waals surface area contributed by atoms with Crippen LogP contribution in [0, 0.1) is 11.3 Å². The van der Waals surface area contributed by atoms with E-state index in [9.17, 15) is 10.2 Å². The van der Waals surface area contributed by atoms with E-state index in [0.29, 0.717) is 0 Å². The van der Waals surface area contributed by atoms with Crippen molar-refractivity contribution in [2.24, 2.45) is 0 Å². The van der Waals surface area contributed by atoms with Gasteiger partial charge in [0.05, 0.1) is 25.9 Å². The third kappa shape index (κ3) is 2.36. The number of hydrogen-bond donors (Lipinski definition) is 2. The summed E-state index contributed by atoms with van der Waals surface area (Å²) in [5, 5.41) is 27.2. The number of aromatic nitrogens is 2. The van der Waals surface area contributed by atoms with Crippen molar-refractivity contribution >= 4 is 0 Å². The Morgan fingerprint density at radius 2 is 2.06 bits per heavy atom. The van der Waals surface area contributed by atoms with Crippen LogP contribution in [0.25, 0.3) is 0 Å². The summed E-state index contributed by atoms with van der Waals surface area (Å²) >= 11 is 0. The van der Waals surface area contributed by atoms with E-state index in [0.717, 1.165) is 0 Å². The van der Waals surface area contributed by atoms with Crippen LogP contribution in [0.1, 0.15) is 11.7 Å². The van der Waals surface area contributed by atoms with E-state index < -0.39 is 12.2 Å². The highest BCUT2D eigenvalue weighted by molar-refractivity contribution is 5.29. The van der Waals surface area contributed by atoms with Gasteiger partial charge < -0.3 is 19.7 Å². The van der Waals surface area contributed by atoms with Crippen molar-refractivity contribution in [2.75, 3.05) is 14.2 Å². The molecule has 0 fully saturated rings. The second kappa shape index (κ2) is 5.25. The normalized spacial score (nSPS) is 13.7. The molecule has 0 aliphatic rings. The molecule has 7 heteroatoms. The molecule has 0 spiro atoms. The van der Waals surface area contributed by atoms with Crippen molar-refractivity contribution in [3.05, 3.63) is 11.8 Å². The van der Waals surface area contributed by atoms with Crippen LogP contribution in [-0.4, -0.2) is 40.5 Å². The SMILES string of the molecule is COc1ncc(C(O)C(O)C#N)c(OC)n1. The average Bonchev–Trinajstić information content (AvgIpc) is 2.35. The number of methoxy groups -OCH3 is 2. The molecule has 1 aromatic heterocycles. The predicted octanol–water partition coefficient (Wildman–Crippen LogP) is -0.588. The molecule has 7 nitrogen and oxygen atoms in total. The van der Waals surface area contributed by atoms with Crippen LogP contribution in [0.15, 0.2) is 6.20 Å². The molecule has 0 saturated carbocycles. The monoisotopic (exact) mass is 225 g/mol. The van der Waals surface area contributed by atoms with E-state index >= 15 is 0 Å². The maximum atomic E-state index is 9.59. The summed E-state index contributed by atoms with van der Waals surface area (Å²) in [6, 6.07) is 1.58. The van der Waals surface area contributed by atoms with E-state index in [-0.39, 0.29) is 17.5 Å². The highest BCUT2D eigenvalue weighted by Gasteiger charge is 2.23. The summed E-state index contributed by atoms with van der Waals surface area (Å²) in [6.45, 7) is 0. The molecule has 1 heterocycles. The molecule has 0 bridgehead atoms. The maximum absolute atomic E-state index is 9.59. The summed E-state index contributed by atoms with van der Waals surface area (Å²) in [7, 11) is 2.73. The van der Waals surface area contributed by atoms with Crippen molar-refractivity contribution in [3.63, 3.8) is 0 Å². The van der Waals surface area contributed by atoms with E-state index in [4.69, 9.17) is 14.7 Å². The minimum Gasteiger partial charge on any atom is -0.481 e. The van der Waals surface area contributed by atoms with Gasteiger partial charge in [-0.15, -0.1) is 0 Å². The minimum absolute atomic E-state index is 0.0497. The van der Waals surface area contributed by atoms with Gasteiger partial charge in [0, 0.05) is 6.20 Å². The second-order valence-corrected chi connectivity index (χ2v) is 2.84. The molecule has 0 aliphatic carbocycles. The van der Waals surface area contributed by atoms with Crippen molar-refractivity contribution in [3.8, 4) is 18.0 Å². The minimum atomic E-state index is -1.56. The number of aliphatic hydroxyl groups is 2. The Bertz CT molecular complexity index is 404. The lowest BCUT2D eigenvalue weighted by molar-refractivity contribution is 0.0502. The lowest BCUT2D eigenvalue weighted by Crippen LogP contribution is -2.17. The van der Waals surface area contributed by atoms with Crippen molar-refractivity contribution in [1.29, 1.82) is 5.26 Å². The Morgan fingerprint density at radius 3 is 2.56 bits per heavy atom. The molecule has 2 N–H and O–H groups in total. The Hall–Kier alpha value is -1.91. The first-order valence-corrected chi connectivity index (χ1v) is 4.34. The van der Waals surface area contributed by atoms with E-state index in [2.05, 4.69) is 9.97 Å². The summed E-state index contributed by atoms with van der Waals surface area (Å²) in [5.41, 5.74) is 0.123. The molecule has 0 amide bonds. The number of aliphatic hydroxyl groups excluding tert-OH is 2. The fourth-order valence-electron chi connectivity index (χ4n) is 1.07. The third-order valence-electron chi connectivity index (χ3n) is 1.88. The Morgan fingerprint density at radius 1 is 1.38 bits per heavy atom. The molecule has 1 rings (SSSR count). The Kier molecular flexibility index (Phi) is 3.99. The van der Waals surface area contributed by atoms with Crippen LogP contribution < -0.4 is 9.47 Å². The first-order valence-electron chi connectivity index (χ1n) is 4.34. The van der Waals surface area contributed by atoms with Crippen LogP contribution in [0.4, 0.5) is 0 Å². The van der Waals surface area contributed by atoms with Gasteiger partial charge in [0.2, 0.25) is 5.88 Å². The molecule has 0 aromatic carbocycles. The van der Waals surface area contributed by atoms with Gasteiger partial charge in [-0.05, 0) is 0 Å². The zero-order chi connectivity index (χ0) is 12.1. The third-order valence-corrected chi connectivity index (χ3v) is 1.88. The van der Waals surface area contributed by atoms with Gasteiger partial charge in [-0.1, -0.05) is 0 Å².